The predicted molar refractivity (Wildman–Crippen MR) is 180 cm³/mol. The van der Waals surface area contributed by atoms with Gasteiger partial charge in [-0.3, -0.25) is 9.59 Å². The zero-order valence-electron chi connectivity index (χ0n) is 27.1. The molecule has 0 rings (SSSR count). The fourth-order valence-corrected chi connectivity index (χ4v) is 4.23. The Balaban J connectivity index is 3.42. The summed E-state index contributed by atoms with van der Waals surface area (Å²) >= 11 is 0. The summed E-state index contributed by atoms with van der Waals surface area (Å²) in [5, 5.41) is 0. The molecule has 0 heterocycles. The fraction of sp³-hybridized carbons (Fsp3) is 0.632. The van der Waals surface area contributed by atoms with Crippen molar-refractivity contribution in [1.82, 2.24) is 0 Å². The van der Waals surface area contributed by atoms with Gasteiger partial charge in [-0.15, -0.1) is 0 Å². The number of allylic oxidation sites excluding steroid dienone is 12. The van der Waals surface area contributed by atoms with E-state index in [-0.39, 0.29) is 25.2 Å². The number of unbranched alkanes of at least 4 members (excludes halogenated alkanes) is 10. The van der Waals surface area contributed by atoms with Gasteiger partial charge in [0.05, 0.1) is 0 Å². The molecule has 4 nitrogen and oxygen atoms in total. The van der Waals surface area contributed by atoms with E-state index in [1.165, 1.54) is 25.7 Å². The topological polar surface area (TPSA) is 52.6 Å². The number of hydrogen-bond donors (Lipinski definition) is 0. The third-order valence-electron chi connectivity index (χ3n) is 6.67. The summed E-state index contributed by atoms with van der Waals surface area (Å²) in [6.07, 6.45) is 47.0. The molecule has 0 aliphatic heterocycles. The summed E-state index contributed by atoms with van der Waals surface area (Å²) in [4.78, 5) is 23.7. The van der Waals surface area contributed by atoms with Gasteiger partial charge in [-0.2, -0.15) is 0 Å². The van der Waals surface area contributed by atoms with Crippen LogP contribution in [-0.4, -0.2) is 25.2 Å². The second kappa shape index (κ2) is 34.6. The lowest BCUT2D eigenvalue weighted by atomic mass is 10.1. The van der Waals surface area contributed by atoms with E-state index in [2.05, 4.69) is 86.8 Å². The molecule has 0 saturated carbocycles. The summed E-state index contributed by atoms with van der Waals surface area (Å²) in [7, 11) is 0. The minimum Gasteiger partial charge on any atom is -0.462 e. The van der Waals surface area contributed by atoms with Gasteiger partial charge in [-0.05, 0) is 77.0 Å². The molecular formula is C38H62O4. The molecule has 0 bridgehead atoms. The molecule has 0 fully saturated rings. The maximum absolute atomic E-state index is 11.9. The lowest BCUT2D eigenvalue weighted by Gasteiger charge is -2.07. The van der Waals surface area contributed by atoms with Crippen LogP contribution in [0.15, 0.2) is 72.9 Å². The van der Waals surface area contributed by atoms with Crippen molar-refractivity contribution in [2.75, 3.05) is 13.2 Å². The van der Waals surface area contributed by atoms with Crippen molar-refractivity contribution in [1.29, 1.82) is 0 Å². The maximum Gasteiger partial charge on any atom is 0.305 e. The fourth-order valence-electron chi connectivity index (χ4n) is 4.23. The zero-order chi connectivity index (χ0) is 30.6. The zero-order valence-corrected chi connectivity index (χ0v) is 27.1. The van der Waals surface area contributed by atoms with Gasteiger partial charge in [-0.25, -0.2) is 0 Å². The van der Waals surface area contributed by atoms with Gasteiger partial charge >= 0.3 is 11.9 Å². The molecule has 0 atom stereocenters. The van der Waals surface area contributed by atoms with Crippen LogP contribution in [0.25, 0.3) is 0 Å². The van der Waals surface area contributed by atoms with Gasteiger partial charge in [0, 0.05) is 12.8 Å². The number of rotatable bonds is 29. The Morgan fingerprint density at radius 1 is 0.405 bits per heavy atom. The van der Waals surface area contributed by atoms with E-state index in [1.807, 2.05) is 0 Å². The first-order valence-corrected chi connectivity index (χ1v) is 16.9. The summed E-state index contributed by atoms with van der Waals surface area (Å²) in [6, 6.07) is 0. The van der Waals surface area contributed by atoms with Crippen LogP contribution in [0.4, 0.5) is 0 Å². The van der Waals surface area contributed by atoms with Gasteiger partial charge in [0.1, 0.15) is 13.2 Å². The molecule has 238 valence electrons. The monoisotopic (exact) mass is 582 g/mol. The number of esters is 2. The van der Waals surface area contributed by atoms with Crippen molar-refractivity contribution in [3.8, 4) is 0 Å². The van der Waals surface area contributed by atoms with E-state index < -0.39 is 0 Å². The van der Waals surface area contributed by atoms with Crippen LogP contribution >= 0.6 is 0 Å². The standard InChI is InChI=1S/C38H62O4/c1-3-5-7-9-11-13-15-17-19-21-23-25-27-29-31-33-37(39)41-35-36-42-38(40)34-32-30-28-26-24-22-20-18-16-14-12-10-8-6-4-2/h5-8,11-14,17-20H,3-4,9-10,15-16,21-36H2,1-2H3/b7-5-,8-6-,13-11-,14-12-,19-17-,20-18-. The molecule has 0 spiro atoms. The first kappa shape index (κ1) is 39.4. The lowest BCUT2D eigenvalue weighted by molar-refractivity contribution is -0.152. The quantitative estimate of drug-likeness (QED) is 0.0500. The summed E-state index contributed by atoms with van der Waals surface area (Å²) in [5.41, 5.74) is 0. The molecule has 42 heavy (non-hydrogen) atoms. The second-order valence-corrected chi connectivity index (χ2v) is 10.6. The van der Waals surface area contributed by atoms with E-state index in [1.54, 1.807) is 0 Å². The molecule has 0 aromatic carbocycles. The third kappa shape index (κ3) is 33.6. The van der Waals surface area contributed by atoms with Crippen molar-refractivity contribution < 1.29 is 19.1 Å². The molecule has 0 saturated heterocycles. The van der Waals surface area contributed by atoms with E-state index in [0.29, 0.717) is 12.8 Å². The van der Waals surface area contributed by atoms with Gasteiger partial charge in [0.15, 0.2) is 0 Å². The van der Waals surface area contributed by atoms with Gasteiger partial charge in [0.2, 0.25) is 0 Å². The first-order valence-electron chi connectivity index (χ1n) is 16.9. The highest BCUT2D eigenvalue weighted by molar-refractivity contribution is 5.70. The SMILES string of the molecule is CC/C=C\C/C=C\C/C=C\CCCCCCCC(=O)OCCOC(=O)CCCCCCC/C=C\C/C=C\C/C=C\CC. The molecule has 0 amide bonds. The highest BCUT2D eigenvalue weighted by Gasteiger charge is 2.05. The van der Waals surface area contributed by atoms with Gasteiger partial charge in [0.25, 0.3) is 0 Å². The minimum absolute atomic E-state index is 0.154. The predicted octanol–water partition coefficient (Wildman–Crippen LogP) is 11.3. The Morgan fingerprint density at radius 3 is 1.10 bits per heavy atom. The number of ether oxygens (including phenoxy) is 2. The molecule has 0 aliphatic carbocycles. The van der Waals surface area contributed by atoms with E-state index in [0.717, 1.165) is 89.9 Å². The van der Waals surface area contributed by atoms with Crippen LogP contribution in [0.3, 0.4) is 0 Å². The van der Waals surface area contributed by atoms with Crippen LogP contribution in [-0.2, 0) is 19.1 Å². The van der Waals surface area contributed by atoms with Crippen molar-refractivity contribution in [2.24, 2.45) is 0 Å². The molecule has 0 aliphatic rings. The van der Waals surface area contributed by atoms with Crippen LogP contribution in [0.1, 0.15) is 142 Å². The highest BCUT2D eigenvalue weighted by Crippen LogP contribution is 2.10. The molecule has 4 heteroatoms. The van der Waals surface area contributed by atoms with Crippen LogP contribution in [0.2, 0.25) is 0 Å². The molecule has 0 unspecified atom stereocenters. The summed E-state index contributed by atoms with van der Waals surface area (Å²) in [5.74, 6) is -0.392. The van der Waals surface area contributed by atoms with Crippen LogP contribution < -0.4 is 0 Å². The Bertz CT molecular complexity index is 719. The van der Waals surface area contributed by atoms with E-state index >= 15 is 0 Å². The largest absolute Gasteiger partial charge is 0.462 e. The molecule has 0 N–H and O–H groups in total. The number of carbonyl (C=O) groups is 2. The Morgan fingerprint density at radius 2 is 0.714 bits per heavy atom. The number of carbonyl (C=O) groups excluding carboxylic acids is 2. The summed E-state index contributed by atoms with van der Waals surface area (Å²) < 4.78 is 10.4. The van der Waals surface area contributed by atoms with Crippen LogP contribution in [0.5, 0.6) is 0 Å². The van der Waals surface area contributed by atoms with Crippen LogP contribution in [0, 0.1) is 0 Å². The van der Waals surface area contributed by atoms with Crippen molar-refractivity contribution in [3.05, 3.63) is 72.9 Å². The third-order valence-corrected chi connectivity index (χ3v) is 6.67. The van der Waals surface area contributed by atoms with E-state index in [9.17, 15) is 9.59 Å². The number of hydrogen-bond acceptors (Lipinski definition) is 4. The smallest absolute Gasteiger partial charge is 0.305 e. The highest BCUT2D eigenvalue weighted by atomic mass is 16.6. The Labute approximate surface area is 259 Å². The summed E-state index contributed by atoms with van der Waals surface area (Å²) in [6.45, 7) is 4.61. The minimum atomic E-state index is -0.196. The average molecular weight is 583 g/mol. The second-order valence-electron chi connectivity index (χ2n) is 10.6. The molecule has 0 aromatic rings. The Hall–Kier alpha value is -2.62. The first-order chi connectivity index (χ1) is 20.7. The van der Waals surface area contributed by atoms with Gasteiger partial charge in [-0.1, -0.05) is 125 Å². The molecule has 0 aromatic heterocycles. The van der Waals surface area contributed by atoms with Gasteiger partial charge < -0.3 is 9.47 Å². The maximum atomic E-state index is 11.9. The Kier molecular flexibility index (Phi) is 32.4. The van der Waals surface area contributed by atoms with Crippen molar-refractivity contribution in [2.45, 2.75) is 142 Å². The van der Waals surface area contributed by atoms with Crippen molar-refractivity contribution >= 4 is 11.9 Å². The normalized spacial score (nSPS) is 12.3. The molecular weight excluding hydrogens is 520 g/mol. The van der Waals surface area contributed by atoms with E-state index in [4.69, 9.17) is 9.47 Å². The lowest BCUT2D eigenvalue weighted by Crippen LogP contribution is -2.13. The molecule has 0 radical (unpaired) electrons. The average Bonchev–Trinajstić information content (AvgIpc) is 2.99. The van der Waals surface area contributed by atoms with Crippen molar-refractivity contribution in [3.63, 3.8) is 0 Å².